The zero-order valence-electron chi connectivity index (χ0n) is 14.3. The Morgan fingerprint density at radius 3 is 3.04 bits per heavy atom. The number of carbonyl (C=O) groups is 1. The van der Waals surface area contributed by atoms with Gasteiger partial charge in [0.15, 0.2) is 0 Å². The molecule has 1 unspecified atom stereocenters. The van der Waals surface area contributed by atoms with Gasteiger partial charge in [-0.3, -0.25) is 9.69 Å². The van der Waals surface area contributed by atoms with E-state index in [4.69, 9.17) is 14.9 Å². The van der Waals surface area contributed by atoms with Gasteiger partial charge in [-0.1, -0.05) is 17.2 Å². The second-order valence-corrected chi connectivity index (χ2v) is 6.03. The van der Waals surface area contributed by atoms with E-state index in [2.05, 4.69) is 20.4 Å². The number of amides is 1. The molecule has 1 aromatic heterocycles. The summed E-state index contributed by atoms with van der Waals surface area (Å²) in [5.41, 5.74) is 6.18. The Kier molecular flexibility index (Phi) is 5.49. The molecule has 134 valence electrons. The van der Waals surface area contributed by atoms with Gasteiger partial charge in [-0.15, -0.1) is 5.10 Å². The number of aromatic nitrogens is 2. The molecule has 25 heavy (non-hydrogen) atoms. The molecule has 1 fully saturated rings. The number of rotatable bonds is 6. The lowest BCUT2D eigenvalue weighted by molar-refractivity contribution is -0.117. The zero-order chi connectivity index (χ0) is 17.6. The number of anilines is 2. The van der Waals surface area contributed by atoms with Gasteiger partial charge >= 0.3 is 6.01 Å². The Morgan fingerprint density at radius 1 is 1.44 bits per heavy atom. The first-order valence-corrected chi connectivity index (χ1v) is 8.48. The Balaban J connectivity index is 1.57. The molecule has 1 aliphatic rings. The standard InChI is InChI=1S/C17H23N5O3/c1-2-24-14-8-4-3-7-13(14)19-15(23)11-22-9-5-6-12(10-22)16-20-21-17(18)25-16/h3-4,7-8,12H,2,5-6,9-11H2,1H3,(H2,18,21)(H,19,23). The lowest BCUT2D eigenvalue weighted by Crippen LogP contribution is -2.39. The first-order valence-electron chi connectivity index (χ1n) is 8.48. The van der Waals surface area contributed by atoms with Crippen LogP contribution in [0.5, 0.6) is 5.75 Å². The molecule has 0 radical (unpaired) electrons. The van der Waals surface area contributed by atoms with E-state index >= 15 is 0 Å². The summed E-state index contributed by atoms with van der Waals surface area (Å²) in [6.07, 6.45) is 1.92. The van der Waals surface area contributed by atoms with Crippen LogP contribution in [0, 0.1) is 0 Å². The van der Waals surface area contributed by atoms with Crippen LogP contribution in [0.1, 0.15) is 31.6 Å². The predicted molar refractivity (Wildman–Crippen MR) is 93.4 cm³/mol. The molecule has 0 spiro atoms. The monoisotopic (exact) mass is 345 g/mol. The van der Waals surface area contributed by atoms with Crippen LogP contribution in [0.4, 0.5) is 11.7 Å². The van der Waals surface area contributed by atoms with E-state index in [1.54, 1.807) is 0 Å². The van der Waals surface area contributed by atoms with E-state index in [1.165, 1.54) is 0 Å². The molecule has 2 heterocycles. The van der Waals surface area contributed by atoms with Crippen molar-refractivity contribution in [2.75, 3.05) is 37.3 Å². The topological polar surface area (TPSA) is 107 Å². The van der Waals surface area contributed by atoms with Crippen molar-refractivity contribution >= 4 is 17.6 Å². The van der Waals surface area contributed by atoms with Gasteiger partial charge in [0.05, 0.1) is 24.8 Å². The second kappa shape index (κ2) is 7.98. The van der Waals surface area contributed by atoms with Crippen LogP contribution in [-0.4, -0.2) is 47.2 Å². The summed E-state index contributed by atoms with van der Waals surface area (Å²) in [4.78, 5) is 14.5. The molecule has 1 amide bonds. The molecule has 0 bridgehead atoms. The van der Waals surface area contributed by atoms with Crippen molar-refractivity contribution in [1.29, 1.82) is 0 Å². The highest BCUT2D eigenvalue weighted by atomic mass is 16.5. The third-order valence-corrected chi connectivity index (χ3v) is 4.14. The molecular formula is C17H23N5O3. The Morgan fingerprint density at radius 2 is 2.28 bits per heavy atom. The minimum atomic E-state index is -0.0714. The largest absolute Gasteiger partial charge is 0.492 e. The van der Waals surface area contributed by atoms with Gasteiger partial charge in [-0.05, 0) is 38.4 Å². The molecule has 8 nitrogen and oxygen atoms in total. The Bertz CT molecular complexity index is 718. The van der Waals surface area contributed by atoms with Crippen molar-refractivity contribution in [2.24, 2.45) is 0 Å². The SMILES string of the molecule is CCOc1ccccc1NC(=O)CN1CCCC(c2nnc(N)o2)C1. The fourth-order valence-electron chi connectivity index (χ4n) is 3.06. The summed E-state index contributed by atoms with van der Waals surface area (Å²) in [5.74, 6) is 1.26. The number of benzene rings is 1. The molecule has 8 heteroatoms. The van der Waals surface area contributed by atoms with Gasteiger partial charge in [0.25, 0.3) is 0 Å². The molecule has 3 N–H and O–H groups in total. The smallest absolute Gasteiger partial charge is 0.312 e. The number of ether oxygens (including phenoxy) is 1. The maximum absolute atomic E-state index is 12.4. The van der Waals surface area contributed by atoms with Crippen molar-refractivity contribution in [3.8, 4) is 5.75 Å². The van der Waals surface area contributed by atoms with Crippen LogP contribution in [0.3, 0.4) is 0 Å². The molecule has 1 aliphatic heterocycles. The van der Waals surface area contributed by atoms with Crippen molar-refractivity contribution < 1.29 is 13.9 Å². The number of hydrogen-bond donors (Lipinski definition) is 2. The highest BCUT2D eigenvalue weighted by Gasteiger charge is 2.26. The molecule has 2 aromatic rings. The molecule has 0 saturated carbocycles. The van der Waals surface area contributed by atoms with Crippen molar-refractivity contribution in [3.63, 3.8) is 0 Å². The zero-order valence-corrected chi connectivity index (χ0v) is 14.3. The number of likely N-dealkylation sites (tertiary alicyclic amines) is 1. The minimum Gasteiger partial charge on any atom is -0.492 e. The highest BCUT2D eigenvalue weighted by Crippen LogP contribution is 2.27. The molecule has 1 aromatic carbocycles. The van der Waals surface area contributed by atoms with E-state index < -0.39 is 0 Å². The van der Waals surface area contributed by atoms with E-state index in [-0.39, 0.29) is 17.8 Å². The maximum Gasteiger partial charge on any atom is 0.312 e. The van der Waals surface area contributed by atoms with Crippen LogP contribution in [-0.2, 0) is 4.79 Å². The number of nitrogens with two attached hydrogens (primary N) is 1. The number of carbonyl (C=O) groups excluding carboxylic acids is 1. The lowest BCUT2D eigenvalue weighted by atomic mass is 9.98. The molecule has 3 rings (SSSR count). The fourth-order valence-corrected chi connectivity index (χ4v) is 3.06. The summed E-state index contributed by atoms with van der Waals surface area (Å²) in [5, 5.41) is 10.6. The summed E-state index contributed by atoms with van der Waals surface area (Å²) >= 11 is 0. The van der Waals surface area contributed by atoms with Crippen LogP contribution < -0.4 is 15.8 Å². The number of nitrogen functional groups attached to an aromatic ring is 1. The van der Waals surface area contributed by atoms with Gasteiger partial charge in [0, 0.05) is 6.54 Å². The quantitative estimate of drug-likeness (QED) is 0.823. The second-order valence-electron chi connectivity index (χ2n) is 6.03. The number of nitrogens with zero attached hydrogens (tertiary/aromatic N) is 3. The van der Waals surface area contributed by atoms with Crippen molar-refractivity contribution in [3.05, 3.63) is 30.2 Å². The number of hydrogen-bond acceptors (Lipinski definition) is 7. The molecule has 0 aliphatic carbocycles. The average molecular weight is 345 g/mol. The summed E-state index contributed by atoms with van der Waals surface area (Å²) in [6.45, 7) is 4.33. The summed E-state index contributed by atoms with van der Waals surface area (Å²) in [6, 6.07) is 7.51. The average Bonchev–Trinajstić information content (AvgIpc) is 3.04. The number of para-hydroxylation sites is 2. The van der Waals surface area contributed by atoms with Crippen LogP contribution in [0.25, 0.3) is 0 Å². The van der Waals surface area contributed by atoms with E-state index in [0.717, 1.165) is 19.4 Å². The van der Waals surface area contributed by atoms with E-state index in [1.807, 2.05) is 31.2 Å². The van der Waals surface area contributed by atoms with Gasteiger partial charge in [0.1, 0.15) is 5.75 Å². The Labute approximate surface area is 146 Å². The fraction of sp³-hybridized carbons (Fsp3) is 0.471. The molecular weight excluding hydrogens is 322 g/mol. The van der Waals surface area contributed by atoms with E-state index in [9.17, 15) is 4.79 Å². The number of piperidine rings is 1. The molecule has 1 saturated heterocycles. The van der Waals surface area contributed by atoms with Crippen LogP contribution >= 0.6 is 0 Å². The summed E-state index contributed by atoms with van der Waals surface area (Å²) < 4.78 is 10.9. The van der Waals surface area contributed by atoms with Gasteiger partial charge in [-0.2, -0.15) is 0 Å². The third-order valence-electron chi connectivity index (χ3n) is 4.14. The highest BCUT2D eigenvalue weighted by molar-refractivity contribution is 5.93. The van der Waals surface area contributed by atoms with E-state index in [0.29, 0.717) is 37.0 Å². The third kappa shape index (κ3) is 4.48. The van der Waals surface area contributed by atoms with Crippen molar-refractivity contribution in [2.45, 2.75) is 25.7 Å². The first-order chi connectivity index (χ1) is 12.2. The number of nitrogens with one attached hydrogen (secondary N) is 1. The van der Waals surface area contributed by atoms with Gasteiger partial charge in [-0.25, -0.2) is 0 Å². The predicted octanol–water partition coefficient (Wildman–Crippen LogP) is 1.87. The molecule has 1 atom stereocenters. The lowest BCUT2D eigenvalue weighted by Gasteiger charge is -2.30. The van der Waals surface area contributed by atoms with Crippen LogP contribution in [0.2, 0.25) is 0 Å². The Hall–Kier alpha value is -2.61. The van der Waals surface area contributed by atoms with Crippen molar-refractivity contribution in [1.82, 2.24) is 15.1 Å². The maximum atomic E-state index is 12.4. The normalized spacial score (nSPS) is 18.0. The van der Waals surface area contributed by atoms with Gasteiger partial charge < -0.3 is 20.2 Å². The first kappa shape index (κ1) is 17.2. The van der Waals surface area contributed by atoms with Gasteiger partial charge in [0.2, 0.25) is 11.8 Å². The summed E-state index contributed by atoms with van der Waals surface area (Å²) in [7, 11) is 0. The van der Waals surface area contributed by atoms with Crippen LogP contribution in [0.15, 0.2) is 28.7 Å². The minimum absolute atomic E-state index is 0.0714.